The molecule has 6 nitrogen and oxygen atoms in total. The minimum Gasteiger partial charge on any atom is -0.330 e. The van der Waals surface area contributed by atoms with E-state index in [1.54, 1.807) is 0 Å². The minimum absolute atomic E-state index is 0.491. The Morgan fingerprint density at radius 3 is 2.36 bits per heavy atom. The van der Waals surface area contributed by atoms with Crippen LogP contribution in [0.3, 0.4) is 0 Å². The van der Waals surface area contributed by atoms with E-state index < -0.39 is 0 Å². The van der Waals surface area contributed by atoms with E-state index in [4.69, 9.17) is 5.73 Å². The maximum atomic E-state index is 5.76. The average molecular weight is 355 g/mol. The van der Waals surface area contributed by atoms with Gasteiger partial charge in [0.2, 0.25) is 0 Å². The highest BCUT2D eigenvalue weighted by Crippen LogP contribution is 2.19. The zero-order chi connectivity index (χ0) is 17.9. The zero-order valence-corrected chi connectivity index (χ0v) is 16.4. The second-order valence-electron chi connectivity index (χ2n) is 8.07. The summed E-state index contributed by atoms with van der Waals surface area (Å²) in [6, 6.07) is 2.72. The molecule has 148 valence electrons. The fourth-order valence-corrected chi connectivity index (χ4v) is 4.06. The van der Waals surface area contributed by atoms with Gasteiger partial charge in [0, 0.05) is 62.9 Å². The Hall–Kier alpha value is -0.240. The summed E-state index contributed by atoms with van der Waals surface area (Å²) in [5.41, 5.74) is 5.76. The summed E-state index contributed by atoms with van der Waals surface area (Å²) in [6.07, 6.45) is 7.55. The third kappa shape index (κ3) is 8.33. The van der Waals surface area contributed by atoms with Gasteiger partial charge in [-0.2, -0.15) is 0 Å². The van der Waals surface area contributed by atoms with Crippen molar-refractivity contribution in [3.8, 4) is 0 Å². The molecule has 0 aromatic heterocycles. The topological polar surface area (TPSA) is 86.2 Å². The summed E-state index contributed by atoms with van der Waals surface area (Å²) in [7, 11) is 0. The maximum Gasteiger partial charge on any atom is 0.0224 e. The fraction of sp³-hybridized carbons (Fsp3) is 1.00. The largest absolute Gasteiger partial charge is 0.330 e. The van der Waals surface area contributed by atoms with E-state index in [0.29, 0.717) is 30.2 Å². The second kappa shape index (κ2) is 12.2. The van der Waals surface area contributed by atoms with E-state index in [-0.39, 0.29) is 0 Å². The lowest BCUT2D eigenvalue weighted by Crippen LogP contribution is -2.55. The molecule has 0 spiro atoms. The van der Waals surface area contributed by atoms with Crippen LogP contribution in [0.2, 0.25) is 0 Å². The van der Waals surface area contributed by atoms with E-state index >= 15 is 0 Å². The van der Waals surface area contributed by atoms with Crippen molar-refractivity contribution in [3.63, 3.8) is 0 Å². The van der Waals surface area contributed by atoms with Crippen LogP contribution >= 0.6 is 0 Å². The monoisotopic (exact) mass is 354 g/mol. The molecule has 5 atom stereocenters. The summed E-state index contributed by atoms with van der Waals surface area (Å²) < 4.78 is 0. The molecule has 1 saturated carbocycles. The molecule has 0 amide bonds. The van der Waals surface area contributed by atoms with Crippen LogP contribution < -0.4 is 32.3 Å². The van der Waals surface area contributed by atoms with Crippen LogP contribution in [-0.2, 0) is 0 Å². The first-order valence-corrected chi connectivity index (χ1v) is 10.6. The van der Waals surface area contributed by atoms with Gasteiger partial charge in [0.05, 0.1) is 0 Å². The number of hydrogen-bond acceptors (Lipinski definition) is 6. The van der Waals surface area contributed by atoms with Gasteiger partial charge in [0.1, 0.15) is 0 Å². The van der Waals surface area contributed by atoms with Crippen molar-refractivity contribution < 1.29 is 0 Å². The predicted molar refractivity (Wildman–Crippen MR) is 107 cm³/mol. The molecular weight excluding hydrogens is 312 g/mol. The molecule has 2 rings (SSSR count). The molecule has 1 aliphatic carbocycles. The lowest BCUT2D eigenvalue weighted by atomic mass is 9.89. The minimum atomic E-state index is 0.491. The molecule has 2 fully saturated rings. The van der Waals surface area contributed by atoms with Gasteiger partial charge in [-0.3, -0.25) is 0 Å². The van der Waals surface area contributed by atoms with Crippen molar-refractivity contribution in [2.45, 2.75) is 82.6 Å². The van der Waals surface area contributed by atoms with Gasteiger partial charge >= 0.3 is 0 Å². The van der Waals surface area contributed by atoms with Crippen LogP contribution in [0.1, 0.15) is 52.4 Å². The van der Waals surface area contributed by atoms with Gasteiger partial charge in [-0.05, 0) is 46.1 Å². The number of nitrogens with one attached hydrogen (secondary N) is 5. The molecule has 0 bridgehead atoms. The number of nitrogens with two attached hydrogens (primary N) is 1. The Morgan fingerprint density at radius 1 is 0.840 bits per heavy atom. The Balaban J connectivity index is 1.94. The highest BCUT2D eigenvalue weighted by molar-refractivity contribution is 4.89. The third-order valence-electron chi connectivity index (χ3n) is 5.61. The van der Waals surface area contributed by atoms with E-state index in [2.05, 4.69) is 40.4 Å². The molecule has 6 heteroatoms. The first kappa shape index (κ1) is 21.1. The normalized spacial score (nSPS) is 36.8. The highest BCUT2D eigenvalue weighted by Gasteiger charge is 2.26. The van der Waals surface area contributed by atoms with Gasteiger partial charge in [-0.15, -0.1) is 0 Å². The lowest BCUT2D eigenvalue weighted by molar-refractivity contribution is 0.254. The molecule has 7 N–H and O–H groups in total. The van der Waals surface area contributed by atoms with Crippen LogP contribution in [0.25, 0.3) is 0 Å². The van der Waals surface area contributed by atoms with E-state index in [9.17, 15) is 0 Å². The summed E-state index contributed by atoms with van der Waals surface area (Å²) in [5, 5.41) is 18.7. The molecule has 0 radical (unpaired) electrons. The first-order valence-electron chi connectivity index (χ1n) is 10.6. The van der Waals surface area contributed by atoms with Crippen LogP contribution in [-0.4, -0.2) is 69.5 Å². The molecular formula is C19H42N6. The van der Waals surface area contributed by atoms with Crippen molar-refractivity contribution in [2.75, 3.05) is 39.3 Å². The average Bonchev–Trinajstić information content (AvgIpc) is 2.62. The van der Waals surface area contributed by atoms with Gasteiger partial charge in [-0.25, -0.2) is 0 Å². The molecule has 0 aromatic rings. The van der Waals surface area contributed by atoms with E-state index in [1.807, 2.05) is 0 Å². The Labute approximate surface area is 154 Å². The molecule has 0 aromatic carbocycles. The maximum absolute atomic E-state index is 5.76. The van der Waals surface area contributed by atoms with Crippen molar-refractivity contribution in [3.05, 3.63) is 0 Å². The summed E-state index contributed by atoms with van der Waals surface area (Å²) >= 11 is 0. The number of rotatable bonds is 3. The van der Waals surface area contributed by atoms with Gasteiger partial charge in [0.15, 0.2) is 0 Å². The van der Waals surface area contributed by atoms with E-state index in [0.717, 1.165) is 52.1 Å². The van der Waals surface area contributed by atoms with E-state index in [1.165, 1.54) is 25.7 Å². The van der Waals surface area contributed by atoms with Crippen molar-refractivity contribution in [1.82, 2.24) is 26.6 Å². The molecule has 25 heavy (non-hydrogen) atoms. The highest BCUT2D eigenvalue weighted by atomic mass is 15.1. The van der Waals surface area contributed by atoms with Crippen molar-refractivity contribution in [1.29, 1.82) is 0 Å². The molecule has 0 unspecified atom stereocenters. The molecule has 2 aliphatic rings. The van der Waals surface area contributed by atoms with Crippen molar-refractivity contribution in [2.24, 2.45) is 5.73 Å². The molecule has 1 heterocycles. The van der Waals surface area contributed by atoms with Gasteiger partial charge in [-0.1, -0.05) is 12.8 Å². The van der Waals surface area contributed by atoms with Crippen LogP contribution in [0.4, 0.5) is 0 Å². The van der Waals surface area contributed by atoms with Gasteiger partial charge in [0.25, 0.3) is 0 Å². The summed E-state index contributed by atoms with van der Waals surface area (Å²) in [6.45, 7) is 10.5. The first-order chi connectivity index (χ1) is 12.2. The number of fused-ring (bicyclic) bond motifs is 1. The predicted octanol–water partition coefficient (Wildman–Crippen LogP) is 0.144. The van der Waals surface area contributed by atoms with Crippen LogP contribution in [0.5, 0.6) is 0 Å². The Bertz CT molecular complexity index is 340. The standard InChI is InChI=1S/C19H42N6/c1-15-12-21-14-17(6-5-9-20)25-19-8-4-3-7-18(19)23-11-10-22-16(2)13-24-15/h15-19,21-25H,3-14,20H2,1-2H3/t15-,16+,17-,18-,19-/m1/s1. The van der Waals surface area contributed by atoms with Gasteiger partial charge < -0.3 is 32.3 Å². The quantitative estimate of drug-likeness (QED) is 0.433. The Morgan fingerprint density at radius 2 is 1.56 bits per heavy atom. The Kier molecular flexibility index (Phi) is 10.3. The molecule has 1 aliphatic heterocycles. The third-order valence-corrected chi connectivity index (χ3v) is 5.61. The van der Waals surface area contributed by atoms with Crippen LogP contribution in [0, 0.1) is 0 Å². The van der Waals surface area contributed by atoms with Crippen LogP contribution in [0.15, 0.2) is 0 Å². The second-order valence-corrected chi connectivity index (χ2v) is 8.07. The lowest BCUT2D eigenvalue weighted by Gasteiger charge is -2.36. The smallest absolute Gasteiger partial charge is 0.0224 e. The SMILES string of the molecule is C[C@@H]1CNC[C@@H](CCCN)N[C@@H]2CCCC[C@H]2NCCN[C@@H](C)CN1. The van der Waals surface area contributed by atoms with Crippen molar-refractivity contribution >= 4 is 0 Å². The number of hydrogen-bond donors (Lipinski definition) is 6. The summed E-state index contributed by atoms with van der Waals surface area (Å²) in [4.78, 5) is 0. The summed E-state index contributed by atoms with van der Waals surface area (Å²) in [5.74, 6) is 0. The fourth-order valence-electron chi connectivity index (χ4n) is 4.06. The molecule has 1 saturated heterocycles. The zero-order valence-electron chi connectivity index (χ0n) is 16.4.